The number of hydrogen-bond donors (Lipinski definition) is 0. The summed E-state index contributed by atoms with van der Waals surface area (Å²) in [6, 6.07) is 25.4. The quantitative estimate of drug-likeness (QED) is 0.149. The fourth-order valence-corrected chi connectivity index (χ4v) is 6.66. The molecule has 6 heteroatoms. The molecule has 2 aromatic heterocycles. The van der Waals surface area contributed by atoms with Crippen molar-refractivity contribution in [1.82, 2.24) is 14.5 Å². The molecular weight excluding hydrogens is 532 g/mol. The number of esters is 1. The van der Waals surface area contributed by atoms with Crippen LogP contribution in [0.25, 0.3) is 22.2 Å². The van der Waals surface area contributed by atoms with Crippen molar-refractivity contribution in [2.75, 3.05) is 18.0 Å². The third-order valence-electron chi connectivity index (χ3n) is 8.67. The Balaban J connectivity index is 1.67. The second-order valence-electron chi connectivity index (χ2n) is 11.4. The van der Waals surface area contributed by atoms with Crippen LogP contribution in [0, 0.1) is 6.92 Å². The maximum absolute atomic E-state index is 13.7. The molecule has 1 aliphatic heterocycles. The second kappa shape index (κ2) is 12.0. The average Bonchev–Trinajstić information content (AvgIpc) is 3.54. The molecular formula is C37H40N4O2. The monoisotopic (exact) mass is 572 g/mol. The summed E-state index contributed by atoms with van der Waals surface area (Å²) in [6.07, 6.45) is 7.82. The summed E-state index contributed by atoms with van der Waals surface area (Å²) in [7, 11) is 0. The lowest BCUT2D eigenvalue weighted by Gasteiger charge is -2.33. The first-order valence-corrected chi connectivity index (χ1v) is 15.6. The maximum Gasteiger partial charge on any atom is 0.360 e. The molecule has 43 heavy (non-hydrogen) atoms. The van der Waals surface area contributed by atoms with Crippen LogP contribution in [0.15, 0.2) is 85.2 Å². The first-order chi connectivity index (χ1) is 21.0. The Bertz CT molecular complexity index is 1750. The molecule has 0 saturated carbocycles. The molecule has 0 fully saturated rings. The van der Waals surface area contributed by atoms with Crippen LogP contribution in [-0.2, 0) is 16.9 Å². The predicted octanol–water partition coefficient (Wildman–Crippen LogP) is 8.30. The van der Waals surface area contributed by atoms with Gasteiger partial charge in [0.05, 0.1) is 5.69 Å². The summed E-state index contributed by atoms with van der Waals surface area (Å²) in [6.45, 7) is 11.6. The molecule has 1 unspecified atom stereocenters. The average molecular weight is 573 g/mol. The molecule has 0 amide bonds. The minimum Gasteiger partial charge on any atom is -0.438 e. The minimum absolute atomic E-state index is 0.269. The molecule has 1 atom stereocenters. The number of hydrogen-bond acceptors (Lipinski definition) is 5. The highest BCUT2D eigenvalue weighted by Crippen LogP contribution is 2.53. The Morgan fingerprint density at radius 2 is 1.56 bits per heavy atom. The van der Waals surface area contributed by atoms with E-state index in [0.717, 1.165) is 84.2 Å². The van der Waals surface area contributed by atoms with E-state index in [-0.39, 0.29) is 5.69 Å². The Morgan fingerprint density at radius 3 is 2.26 bits per heavy atom. The zero-order valence-electron chi connectivity index (χ0n) is 25.6. The van der Waals surface area contributed by atoms with E-state index in [4.69, 9.17) is 9.72 Å². The van der Waals surface area contributed by atoms with Gasteiger partial charge in [-0.2, -0.15) is 0 Å². The number of aromatic nitrogens is 3. The van der Waals surface area contributed by atoms with Crippen LogP contribution in [0.3, 0.4) is 0 Å². The standard InChI is InChI=1S/C37H40N4O2/c1-5-8-23-40(24-9-6-2)28-19-20-30(26(4)25-28)37(35-33(36(42)43-37)38-21-22-39-35)32-29-17-13-14-18-31(29)41(7-3)34(32)27-15-11-10-12-16-27/h10-22,25H,5-9,23-24H2,1-4H3. The lowest BCUT2D eigenvalue weighted by Crippen LogP contribution is -2.32. The van der Waals surface area contributed by atoms with Gasteiger partial charge in [0.15, 0.2) is 5.69 Å². The van der Waals surface area contributed by atoms with Gasteiger partial charge in [0.1, 0.15) is 5.69 Å². The number of ether oxygens (including phenoxy) is 1. The van der Waals surface area contributed by atoms with Gasteiger partial charge < -0.3 is 14.2 Å². The Labute approximate surface area is 254 Å². The van der Waals surface area contributed by atoms with E-state index in [1.54, 1.807) is 12.4 Å². The molecule has 3 aromatic carbocycles. The van der Waals surface area contributed by atoms with Gasteiger partial charge in [-0.25, -0.2) is 9.78 Å². The molecule has 0 spiro atoms. The van der Waals surface area contributed by atoms with Crippen molar-refractivity contribution in [3.05, 3.63) is 113 Å². The molecule has 0 N–H and O–H groups in total. The number of benzene rings is 3. The van der Waals surface area contributed by atoms with Gasteiger partial charge in [0.25, 0.3) is 0 Å². The lowest BCUT2D eigenvalue weighted by molar-refractivity contribution is 0.0245. The van der Waals surface area contributed by atoms with Gasteiger partial charge >= 0.3 is 5.97 Å². The van der Waals surface area contributed by atoms with Crippen molar-refractivity contribution in [3.8, 4) is 11.3 Å². The number of carbonyl (C=O) groups is 1. The van der Waals surface area contributed by atoms with Gasteiger partial charge in [-0.3, -0.25) is 4.98 Å². The Kier molecular flexibility index (Phi) is 8.02. The largest absolute Gasteiger partial charge is 0.438 e. The van der Waals surface area contributed by atoms with E-state index < -0.39 is 11.6 Å². The van der Waals surface area contributed by atoms with Crippen molar-refractivity contribution in [2.45, 2.75) is 65.5 Å². The van der Waals surface area contributed by atoms with Crippen molar-refractivity contribution in [3.63, 3.8) is 0 Å². The van der Waals surface area contributed by atoms with Gasteiger partial charge in [0.2, 0.25) is 5.60 Å². The van der Waals surface area contributed by atoms with E-state index >= 15 is 0 Å². The van der Waals surface area contributed by atoms with Crippen LogP contribution >= 0.6 is 0 Å². The highest BCUT2D eigenvalue weighted by atomic mass is 16.6. The maximum atomic E-state index is 13.7. The fourth-order valence-electron chi connectivity index (χ4n) is 6.66. The van der Waals surface area contributed by atoms with E-state index in [2.05, 4.69) is 109 Å². The fraction of sp³-hybridized carbons (Fsp3) is 0.324. The SMILES string of the molecule is CCCCN(CCCC)c1ccc(C2(c3c(-c4ccccc4)n(CC)c4ccccc34)OC(=O)c3nccnc32)c(C)c1. The number of unbranched alkanes of at least 4 members (excludes halogenated alkanes) is 2. The molecule has 3 heterocycles. The van der Waals surface area contributed by atoms with Gasteiger partial charge in [-0.15, -0.1) is 0 Å². The van der Waals surface area contributed by atoms with Crippen molar-refractivity contribution >= 4 is 22.6 Å². The summed E-state index contributed by atoms with van der Waals surface area (Å²) in [4.78, 5) is 25.5. The Hall–Kier alpha value is -4.45. The lowest BCUT2D eigenvalue weighted by atomic mass is 9.78. The predicted molar refractivity (Wildman–Crippen MR) is 174 cm³/mol. The molecule has 6 nitrogen and oxygen atoms in total. The summed E-state index contributed by atoms with van der Waals surface area (Å²) in [5, 5.41) is 1.03. The van der Waals surface area contributed by atoms with E-state index in [1.807, 2.05) is 6.07 Å². The smallest absolute Gasteiger partial charge is 0.360 e. The number of rotatable bonds is 11. The summed E-state index contributed by atoms with van der Waals surface area (Å²) >= 11 is 0. The molecule has 6 rings (SSSR count). The number of para-hydroxylation sites is 1. The van der Waals surface area contributed by atoms with Crippen LogP contribution in [-0.4, -0.2) is 33.6 Å². The normalized spacial score (nSPS) is 16.0. The van der Waals surface area contributed by atoms with Gasteiger partial charge in [0, 0.05) is 59.7 Å². The summed E-state index contributed by atoms with van der Waals surface area (Å²) < 4.78 is 8.96. The zero-order valence-corrected chi connectivity index (χ0v) is 25.6. The van der Waals surface area contributed by atoms with Crippen LogP contribution < -0.4 is 4.90 Å². The molecule has 1 aliphatic rings. The van der Waals surface area contributed by atoms with E-state index in [1.165, 1.54) is 5.69 Å². The topological polar surface area (TPSA) is 60.2 Å². The van der Waals surface area contributed by atoms with Crippen LogP contribution in [0.2, 0.25) is 0 Å². The first-order valence-electron chi connectivity index (χ1n) is 15.6. The molecule has 0 aliphatic carbocycles. The van der Waals surface area contributed by atoms with Gasteiger partial charge in [-0.05, 0) is 56.0 Å². The number of nitrogens with zero attached hydrogens (tertiary/aromatic N) is 4. The third kappa shape index (κ3) is 4.79. The minimum atomic E-state index is -1.27. The first kappa shape index (κ1) is 28.7. The van der Waals surface area contributed by atoms with Crippen LogP contribution in [0.5, 0.6) is 0 Å². The molecule has 0 bridgehead atoms. The molecule has 5 aromatic rings. The van der Waals surface area contributed by atoms with Crippen molar-refractivity contribution < 1.29 is 9.53 Å². The molecule has 0 saturated heterocycles. The van der Waals surface area contributed by atoms with Crippen LogP contribution in [0.1, 0.15) is 79.3 Å². The molecule has 0 radical (unpaired) electrons. The van der Waals surface area contributed by atoms with Crippen molar-refractivity contribution in [1.29, 1.82) is 0 Å². The number of fused-ring (bicyclic) bond motifs is 2. The zero-order chi connectivity index (χ0) is 30.0. The van der Waals surface area contributed by atoms with Crippen LogP contribution in [0.4, 0.5) is 5.69 Å². The summed E-state index contributed by atoms with van der Waals surface area (Å²) in [5.41, 5.74) is 6.79. The highest BCUT2D eigenvalue weighted by Gasteiger charge is 2.54. The third-order valence-corrected chi connectivity index (χ3v) is 8.67. The highest BCUT2D eigenvalue weighted by molar-refractivity contribution is 5.99. The number of aryl methyl sites for hydroxylation is 2. The number of cyclic esters (lactones) is 1. The second-order valence-corrected chi connectivity index (χ2v) is 11.4. The number of carbonyl (C=O) groups excluding carboxylic acids is 1. The number of anilines is 1. The Morgan fingerprint density at radius 1 is 0.860 bits per heavy atom. The van der Waals surface area contributed by atoms with Crippen molar-refractivity contribution in [2.24, 2.45) is 0 Å². The molecule has 220 valence electrons. The van der Waals surface area contributed by atoms with Gasteiger partial charge in [-0.1, -0.05) is 81.3 Å². The summed E-state index contributed by atoms with van der Waals surface area (Å²) in [5.74, 6) is -0.452. The van der Waals surface area contributed by atoms with E-state index in [9.17, 15) is 4.79 Å². The van der Waals surface area contributed by atoms with E-state index in [0.29, 0.717) is 5.69 Å².